The lowest BCUT2D eigenvalue weighted by Gasteiger charge is -2.35. The van der Waals surface area contributed by atoms with Crippen LogP contribution in [0.1, 0.15) is 32.3 Å². The zero-order valence-electron chi connectivity index (χ0n) is 14.2. The average molecular weight is 356 g/mol. The summed E-state index contributed by atoms with van der Waals surface area (Å²) in [5, 5.41) is 0. The quantitative estimate of drug-likeness (QED) is 0.785. The minimum Gasteiger partial charge on any atom is -0.340 e. The molecular formula is C17H25FN2O3S. The normalized spacial score (nSPS) is 16.6. The van der Waals surface area contributed by atoms with Crippen LogP contribution in [0.3, 0.4) is 0 Å². The van der Waals surface area contributed by atoms with Crippen LogP contribution in [0.5, 0.6) is 0 Å². The van der Waals surface area contributed by atoms with Crippen LogP contribution >= 0.6 is 0 Å². The molecule has 0 aromatic heterocycles. The van der Waals surface area contributed by atoms with Crippen LogP contribution in [0.25, 0.3) is 0 Å². The van der Waals surface area contributed by atoms with E-state index in [4.69, 9.17) is 0 Å². The van der Waals surface area contributed by atoms with Crippen LogP contribution in [0, 0.1) is 11.7 Å². The van der Waals surface area contributed by atoms with Crippen molar-refractivity contribution in [3.05, 3.63) is 35.6 Å². The lowest BCUT2D eigenvalue weighted by molar-refractivity contribution is -0.136. The number of piperazine rings is 1. The number of benzene rings is 1. The van der Waals surface area contributed by atoms with Gasteiger partial charge in [0.2, 0.25) is 15.9 Å². The van der Waals surface area contributed by atoms with Gasteiger partial charge in [-0.05, 0) is 30.5 Å². The molecule has 1 saturated heterocycles. The first-order chi connectivity index (χ1) is 11.4. The summed E-state index contributed by atoms with van der Waals surface area (Å²) in [6, 6.07) is 5.49. The summed E-state index contributed by atoms with van der Waals surface area (Å²) in [5.74, 6) is -0.388. The van der Waals surface area contributed by atoms with Gasteiger partial charge in [-0.25, -0.2) is 12.8 Å². The van der Waals surface area contributed by atoms with Gasteiger partial charge in [-0.15, -0.1) is 0 Å². The highest BCUT2D eigenvalue weighted by Gasteiger charge is 2.30. The Labute approximate surface area is 143 Å². The molecule has 0 spiro atoms. The Balaban J connectivity index is 1.95. The molecule has 0 bridgehead atoms. The summed E-state index contributed by atoms with van der Waals surface area (Å²) in [7, 11) is -3.46. The van der Waals surface area contributed by atoms with E-state index >= 15 is 0 Å². The number of halogens is 1. The van der Waals surface area contributed by atoms with Crippen molar-refractivity contribution in [2.24, 2.45) is 5.92 Å². The first-order valence-corrected chi connectivity index (χ1v) is 9.99. The lowest BCUT2D eigenvalue weighted by atomic mass is 10.0. The number of carbonyl (C=O) groups excluding carboxylic acids is 1. The third-order valence-electron chi connectivity index (χ3n) is 4.54. The maximum atomic E-state index is 12.9. The van der Waals surface area contributed by atoms with E-state index in [0.29, 0.717) is 31.7 Å². The largest absolute Gasteiger partial charge is 0.340 e. The number of rotatable bonds is 6. The van der Waals surface area contributed by atoms with Crippen LogP contribution in [0.4, 0.5) is 4.39 Å². The molecule has 0 unspecified atom stereocenters. The van der Waals surface area contributed by atoms with Gasteiger partial charge in [-0.2, -0.15) is 4.31 Å². The Morgan fingerprint density at radius 3 is 2.12 bits per heavy atom. The number of hydrogen-bond acceptors (Lipinski definition) is 3. The predicted molar refractivity (Wildman–Crippen MR) is 91.2 cm³/mol. The van der Waals surface area contributed by atoms with Crippen LogP contribution in [-0.2, 0) is 20.6 Å². The van der Waals surface area contributed by atoms with Gasteiger partial charge in [0.05, 0.1) is 5.75 Å². The van der Waals surface area contributed by atoms with Gasteiger partial charge in [0.1, 0.15) is 5.82 Å². The van der Waals surface area contributed by atoms with E-state index < -0.39 is 10.0 Å². The number of nitrogens with zero attached hydrogens (tertiary/aromatic N) is 2. The molecule has 0 saturated carbocycles. The monoisotopic (exact) mass is 356 g/mol. The molecule has 0 N–H and O–H groups in total. The second kappa shape index (κ2) is 8.07. The third-order valence-corrected chi connectivity index (χ3v) is 6.39. The lowest BCUT2D eigenvalue weighted by Crippen LogP contribution is -2.52. The molecule has 1 aromatic rings. The van der Waals surface area contributed by atoms with Crippen LogP contribution in [0.2, 0.25) is 0 Å². The van der Waals surface area contributed by atoms with E-state index in [1.54, 1.807) is 4.90 Å². The van der Waals surface area contributed by atoms with E-state index in [9.17, 15) is 17.6 Å². The second-order valence-electron chi connectivity index (χ2n) is 6.12. The Hall–Kier alpha value is -1.47. The third kappa shape index (κ3) is 4.54. The zero-order valence-corrected chi connectivity index (χ0v) is 15.1. The van der Waals surface area contributed by atoms with Crippen LogP contribution in [-0.4, -0.2) is 49.7 Å². The van der Waals surface area contributed by atoms with Crippen LogP contribution in [0.15, 0.2) is 24.3 Å². The standard InChI is InChI=1S/C17H25FN2O3S/c1-3-15(4-2)17(21)19-9-11-20(12-10-19)24(22,23)13-14-5-7-16(18)8-6-14/h5-8,15H,3-4,9-13H2,1-2H3. The summed E-state index contributed by atoms with van der Waals surface area (Å²) in [6.07, 6.45) is 1.61. The zero-order chi connectivity index (χ0) is 17.7. The molecule has 2 rings (SSSR count). The highest BCUT2D eigenvalue weighted by Crippen LogP contribution is 2.17. The summed E-state index contributed by atoms with van der Waals surface area (Å²) < 4.78 is 39.3. The highest BCUT2D eigenvalue weighted by atomic mass is 32.2. The predicted octanol–water partition coefficient (Wildman–Crippen LogP) is 2.24. The number of carbonyl (C=O) groups is 1. The first kappa shape index (κ1) is 18.9. The SMILES string of the molecule is CCC(CC)C(=O)N1CCN(S(=O)(=O)Cc2ccc(F)cc2)CC1. The molecule has 1 amide bonds. The minimum atomic E-state index is -3.46. The maximum absolute atomic E-state index is 12.9. The summed E-state index contributed by atoms with van der Waals surface area (Å²) >= 11 is 0. The number of hydrogen-bond donors (Lipinski definition) is 0. The van der Waals surface area contributed by atoms with Crippen LogP contribution < -0.4 is 0 Å². The smallest absolute Gasteiger partial charge is 0.225 e. The van der Waals surface area contributed by atoms with E-state index in [2.05, 4.69) is 0 Å². The molecule has 1 aromatic carbocycles. The van der Waals surface area contributed by atoms with Gasteiger partial charge in [0.25, 0.3) is 0 Å². The van der Waals surface area contributed by atoms with E-state index in [1.165, 1.54) is 28.6 Å². The molecule has 1 aliphatic heterocycles. The first-order valence-electron chi connectivity index (χ1n) is 8.38. The second-order valence-corrected chi connectivity index (χ2v) is 8.09. The van der Waals surface area contributed by atoms with Gasteiger partial charge in [-0.3, -0.25) is 4.79 Å². The van der Waals surface area contributed by atoms with E-state index in [-0.39, 0.29) is 23.4 Å². The fourth-order valence-electron chi connectivity index (χ4n) is 2.97. The fourth-order valence-corrected chi connectivity index (χ4v) is 4.48. The van der Waals surface area contributed by atoms with Gasteiger partial charge in [0, 0.05) is 32.1 Å². The number of sulfonamides is 1. The van der Waals surface area contributed by atoms with Crippen molar-refractivity contribution in [2.45, 2.75) is 32.4 Å². The van der Waals surface area contributed by atoms with Gasteiger partial charge in [0.15, 0.2) is 0 Å². The van der Waals surface area contributed by atoms with Crippen molar-refractivity contribution in [3.63, 3.8) is 0 Å². The Kier molecular flexibility index (Phi) is 6.34. The van der Waals surface area contributed by atoms with Gasteiger partial charge in [-0.1, -0.05) is 26.0 Å². The summed E-state index contributed by atoms with van der Waals surface area (Å²) in [6.45, 7) is 5.48. The summed E-state index contributed by atoms with van der Waals surface area (Å²) in [4.78, 5) is 14.1. The molecule has 134 valence electrons. The molecule has 0 aliphatic carbocycles. The highest BCUT2D eigenvalue weighted by molar-refractivity contribution is 7.88. The topological polar surface area (TPSA) is 57.7 Å². The molecule has 7 heteroatoms. The van der Waals surface area contributed by atoms with Crippen molar-refractivity contribution in [3.8, 4) is 0 Å². The molecule has 1 heterocycles. The molecule has 5 nitrogen and oxygen atoms in total. The molecule has 1 aliphatic rings. The minimum absolute atomic E-state index is 0.0207. The summed E-state index contributed by atoms with van der Waals surface area (Å²) in [5.41, 5.74) is 0.562. The van der Waals surface area contributed by atoms with Crippen molar-refractivity contribution in [1.82, 2.24) is 9.21 Å². The van der Waals surface area contributed by atoms with Crippen molar-refractivity contribution in [2.75, 3.05) is 26.2 Å². The molecule has 0 atom stereocenters. The van der Waals surface area contributed by atoms with E-state index in [0.717, 1.165) is 12.8 Å². The Morgan fingerprint density at radius 2 is 1.62 bits per heavy atom. The average Bonchev–Trinajstić information content (AvgIpc) is 2.58. The maximum Gasteiger partial charge on any atom is 0.225 e. The fraction of sp³-hybridized carbons (Fsp3) is 0.588. The van der Waals surface area contributed by atoms with Crippen molar-refractivity contribution < 1.29 is 17.6 Å². The number of amides is 1. The van der Waals surface area contributed by atoms with Gasteiger partial charge < -0.3 is 4.90 Å². The Bertz CT molecular complexity index is 649. The van der Waals surface area contributed by atoms with E-state index in [1.807, 2.05) is 13.8 Å². The van der Waals surface area contributed by atoms with Crippen molar-refractivity contribution in [1.29, 1.82) is 0 Å². The molecular weight excluding hydrogens is 331 g/mol. The molecule has 24 heavy (non-hydrogen) atoms. The molecule has 1 fully saturated rings. The van der Waals surface area contributed by atoms with Crippen molar-refractivity contribution >= 4 is 15.9 Å². The molecule has 0 radical (unpaired) electrons. The van der Waals surface area contributed by atoms with Gasteiger partial charge >= 0.3 is 0 Å². The Morgan fingerprint density at radius 1 is 1.08 bits per heavy atom.